The number of carbonyl (C=O) groups excluding carboxylic acids is 1. The Bertz CT molecular complexity index is 1250. The lowest BCUT2D eigenvalue weighted by molar-refractivity contribution is -0.149. The zero-order valence-corrected chi connectivity index (χ0v) is 18.9. The predicted molar refractivity (Wildman–Crippen MR) is 120 cm³/mol. The molecular formula is C22H22F3N5O3S. The molecule has 0 spiro atoms. The molecule has 0 bridgehead atoms. The highest BCUT2D eigenvalue weighted by molar-refractivity contribution is 7.21. The van der Waals surface area contributed by atoms with Gasteiger partial charge in [-0.25, -0.2) is 9.97 Å². The molecule has 3 aromatic rings. The fraction of sp³-hybridized carbons (Fsp3) is 0.455. The van der Waals surface area contributed by atoms with Crippen molar-refractivity contribution in [3.05, 3.63) is 52.1 Å². The summed E-state index contributed by atoms with van der Waals surface area (Å²) in [6.45, 7) is 1.45. The van der Waals surface area contributed by atoms with Crippen LogP contribution in [0, 0.1) is 0 Å². The Hall–Kier alpha value is -2.99. The Morgan fingerprint density at radius 2 is 1.88 bits per heavy atom. The van der Waals surface area contributed by atoms with E-state index in [-0.39, 0.29) is 29.5 Å². The van der Waals surface area contributed by atoms with Gasteiger partial charge in [0, 0.05) is 32.3 Å². The highest BCUT2D eigenvalue weighted by Gasteiger charge is 2.41. The van der Waals surface area contributed by atoms with E-state index in [1.165, 1.54) is 0 Å². The van der Waals surface area contributed by atoms with Crippen LogP contribution in [-0.2, 0) is 22.3 Å². The number of amides is 1. The second-order valence-corrected chi connectivity index (χ2v) is 9.26. The fourth-order valence-electron chi connectivity index (χ4n) is 4.27. The number of thiazole rings is 1. The Kier molecular flexibility index (Phi) is 6.02. The first-order valence-electron chi connectivity index (χ1n) is 11.0. The van der Waals surface area contributed by atoms with Crippen LogP contribution in [0.25, 0.3) is 10.3 Å². The molecule has 180 valence electrons. The van der Waals surface area contributed by atoms with Gasteiger partial charge in [-0.2, -0.15) is 13.2 Å². The first-order valence-corrected chi connectivity index (χ1v) is 11.8. The number of anilines is 1. The average Bonchev–Trinajstić information content (AvgIpc) is 3.21. The minimum absolute atomic E-state index is 0.0778. The number of hydrogen-bond donors (Lipinski definition) is 1. The van der Waals surface area contributed by atoms with Gasteiger partial charge in [-0.1, -0.05) is 41.7 Å². The Morgan fingerprint density at radius 1 is 1.15 bits per heavy atom. The molecular weight excluding hydrogens is 471 g/mol. The molecule has 1 amide bonds. The topological polar surface area (TPSA) is 89.4 Å². The Morgan fingerprint density at radius 3 is 2.53 bits per heavy atom. The molecule has 12 heteroatoms. The molecule has 8 nitrogen and oxygen atoms in total. The van der Waals surface area contributed by atoms with Crippen molar-refractivity contribution in [1.29, 1.82) is 0 Å². The summed E-state index contributed by atoms with van der Waals surface area (Å²) in [5, 5.41) is 3.20. The SMILES string of the molecule is O=C(NCc1ccccc1)[C@H]1CCN1c1nc2c(=O)n(C3CCOCC3)c(C(F)(F)F)nc2s1. The quantitative estimate of drug-likeness (QED) is 0.588. The molecule has 0 unspecified atom stereocenters. The van der Waals surface area contributed by atoms with Gasteiger partial charge in [0.2, 0.25) is 11.7 Å². The highest BCUT2D eigenvalue weighted by Crippen LogP contribution is 2.36. The molecule has 34 heavy (non-hydrogen) atoms. The highest BCUT2D eigenvalue weighted by atomic mass is 32.1. The first kappa shape index (κ1) is 22.8. The van der Waals surface area contributed by atoms with E-state index in [4.69, 9.17) is 4.74 Å². The Labute approximate surface area is 196 Å². The third-order valence-corrected chi connectivity index (χ3v) is 7.13. The molecule has 0 radical (unpaired) electrons. The van der Waals surface area contributed by atoms with E-state index >= 15 is 0 Å². The fourth-order valence-corrected chi connectivity index (χ4v) is 5.28. The van der Waals surface area contributed by atoms with Crippen molar-refractivity contribution in [2.45, 2.75) is 44.1 Å². The largest absolute Gasteiger partial charge is 0.449 e. The number of nitrogens with one attached hydrogen (secondary N) is 1. The maximum atomic E-state index is 13.8. The van der Waals surface area contributed by atoms with Gasteiger partial charge in [-0.15, -0.1) is 0 Å². The number of rotatable bonds is 5. The number of benzene rings is 1. The van der Waals surface area contributed by atoms with Crippen LogP contribution in [0.3, 0.4) is 0 Å². The molecule has 2 aliphatic heterocycles. The molecule has 2 aliphatic rings. The molecule has 1 atom stereocenters. The maximum absolute atomic E-state index is 13.8. The van der Waals surface area contributed by atoms with Crippen molar-refractivity contribution >= 4 is 32.7 Å². The smallest absolute Gasteiger partial charge is 0.381 e. The molecule has 0 saturated carbocycles. The predicted octanol–water partition coefficient (Wildman–Crippen LogP) is 3.12. The van der Waals surface area contributed by atoms with Crippen LogP contribution in [0.2, 0.25) is 0 Å². The standard InChI is InChI=1S/C22H22F3N5O3S/c23-22(24,25)20-28-18-16(19(32)30(20)14-7-10-33-11-8-14)27-21(34-18)29-9-6-15(29)17(31)26-12-13-4-2-1-3-5-13/h1-5,14-15H,6-12H2,(H,26,31)/t15-/m1/s1. The molecule has 2 aromatic heterocycles. The van der Waals surface area contributed by atoms with Gasteiger partial charge in [-0.3, -0.25) is 14.2 Å². The summed E-state index contributed by atoms with van der Waals surface area (Å²) in [6, 6.07) is 8.31. The zero-order valence-electron chi connectivity index (χ0n) is 18.0. The zero-order chi connectivity index (χ0) is 23.9. The van der Waals surface area contributed by atoms with Gasteiger partial charge in [0.15, 0.2) is 15.5 Å². The summed E-state index contributed by atoms with van der Waals surface area (Å²) < 4.78 is 47.4. The summed E-state index contributed by atoms with van der Waals surface area (Å²) in [5.41, 5.74) is 0.0476. The van der Waals surface area contributed by atoms with Crippen LogP contribution in [-0.4, -0.2) is 46.2 Å². The molecule has 1 aromatic carbocycles. The molecule has 5 rings (SSSR count). The van der Waals surface area contributed by atoms with E-state index in [0.717, 1.165) is 21.5 Å². The molecule has 2 saturated heterocycles. The van der Waals surface area contributed by atoms with Crippen LogP contribution >= 0.6 is 11.3 Å². The van der Waals surface area contributed by atoms with Gasteiger partial charge in [0.05, 0.1) is 0 Å². The van der Waals surface area contributed by atoms with Crippen LogP contribution in [0.5, 0.6) is 0 Å². The third-order valence-electron chi connectivity index (χ3n) is 6.14. The van der Waals surface area contributed by atoms with Crippen LogP contribution in [0.1, 0.15) is 36.7 Å². The number of hydrogen-bond acceptors (Lipinski definition) is 7. The van der Waals surface area contributed by atoms with Gasteiger partial charge in [0.25, 0.3) is 5.56 Å². The second-order valence-electron chi connectivity index (χ2n) is 8.30. The summed E-state index contributed by atoms with van der Waals surface area (Å²) >= 11 is 0.902. The number of halogens is 3. The van der Waals surface area contributed by atoms with Crippen molar-refractivity contribution in [2.75, 3.05) is 24.7 Å². The van der Waals surface area contributed by atoms with Crippen molar-refractivity contribution < 1.29 is 22.7 Å². The monoisotopic (exact) mass is 493 g/mol. The molecule has 4 heterocycles. The Balaban J connectivity index is 1.43. The van der Waals surface area contributed by atoms with Crippen LogP contribution in [0.15, 0.2) is 35.1 Å². The minimum atomic E-state index is -4.79. The summed E-state index contributed by atoms with van der Waals surface area (Å²) in [6.07, 6.45) is -3.61. The van der Waals surface area contributed by atoms with Crippen LogP contribution in [0.4, 0.5) is 18.3 Å². The van der Waals surface area contributed by atoms with Gasteiger partial charge >= 0.3 is 6.18 Å². The van der Waals surface area contributed by atoms with Gasteiger partial charge in [-0.05, 0) is 24.8 Å². The van der Waals surface area contributed by atoms with Crippen LogP contribution < -0.4 is 15.8 Å². The van der Waals surface area contributed by atoms with Crippen molar-refractivity contribution in [1.82, 2.24) is 19.9 Å². The number of alkyl halides is 3. The lowest BCUT2D eigenvalue weighted by atomic mass is 10.0. The third kappa shape index (κ3) is 4.27. The lowest BCUT2D eigenvalue weighted by Gasteiger charge is -2.39. The summed E-state index contributed by atoms with van der Waals surface area (Å²) in [5.74, 6) is -1.41. The van der Waals surface area contributed by atoms with E-state index in [0.29, 0.717) is 37.5 Å². The normalized spacial score (nSPS) is 19.3. The second kappa shape index (κ2) is 8.99. The van der Waals surface area contributed by atoms with Crippen molar-refractivity contribution in [3.8, 4) is 0 Å². The maximum Gasteiger partial charge on any atom is 0.449 e. The van der Waals surface area contributed by atoms with E-state index in [9.17, 15) is 22.8 Å². The van der Waals surface area contributed by atoms with Crippen molar-refractivity contribution in [3.63, 3.8) is 0 Å². The van der Waals surface area contributed by atoms with Crippen molar-refractivity contribution in [2.24, 2.45) is 0 Å². The molecule has 0 aliphatic carbocycles. The van der Waals surface area contributed by atoms with E-state index in [1.807, 2.05) is 30.3 Å². The van der Waals surface area contributed by atoms with Gasteiger partial charge in [0.1, 0.15) is 6.04 Å². The van der Waals surface area contributed by atoms with E-state index in [2.05, 4.69) is 15.3 Å². The number of nitrogens with zero attached hydrogens (tertiary/aromatic N) is 4. The number of aromatic nitrogens is 3. The van der Waals surface area contributed by atoms with E-state index in [1.54, 1.807) is 4.90 Å². The number of fused-ring (bicyclic) bond motifs is 1. The van der Waals surface area contributed by atoms with Gasteiger partial charge < -0.3 is 15.0 Å². The summed E-state index contributed by atoms with van der Waals surface area (Å²) in [7, 11) is 0. The number of ether oxygens (including phenoxy) is 1. The lowest BCUT2D eigenvalue weighted by Crippen LogP contribution is -2.56. The average molecular weight is 494 g/mol. The minimum Gasteiger partial charge on any atom is -0.381 e. The summed E-state index contributed by atoms with van der Waals surface area (Å²) in [4.78, 5) is 35.6. The number of carbonyl (C=O) groups is 1. The van der Waals surface area contributed by atoms with E-state index < -0.39 is 29.6 Å². The first-order chi connectivity index (χ1) is 16.3. The molecule has 1 N–H and O–H groups in total. The molecule has 2 fully saturated rings.